The second-order valence-corrected chi connectivity index (χ2v) is 3.97. The van der Waals surface area contributed by atoms with E-state index in [4.69, 9.17) is 26.6 Å². The van der Waals surface area contributed by atoms with E-state index < -0.39 is 17.0 Å². The summed E-state index contributed by atoms with van der Waals surface area (Å²) in [6.45, 7) is -0.355. The molecule has 7 heteroatoms. The molecule has 0 saturated heterocycles. The van der Waals surface area contributed by atoms with Crippen molar-refractivity contribution in [3.8, 4) is 5.75 Å². The van der Waals surface area contributed by atoms with E-state index in [-0.39, 0.29) is 17.3 Å². The van der Waals surface area contributed by atoms with Crippen LogP contribution in [0.5, 0.6) is 5.75 Å². The average molecular weight is 250 g/mol. The van der Waals surface area contributed by atoms with E-state index in [1.165, 1.54) is 18.2 Å². The second-order valence-electron chi connectivity index (χ2n) is 2.60. The first-order valence-electron chi connectivity index (χ1n) is 3.82. The van der Waals surface area contributed by atoms with Gasteiger partial charge in [-0.25, -0.2) is 4.21 Å². The number of hydrogen-bond acceptors (Lipinski definition) is 3. The zero-order valence-electron chi connectivity index (χ0n) is 7.47. The lowest BCUT2D eigenvalue weighted by Gasteiger charge is -2.07. The first-order chi connectivity index (χ1) is 7.00. The van der Waals surface area contributed by atoms with Crippen LogP contribution >= 0.6 is 11.6 Å². The Morgan fingerprint density at radius 1 is 1.60 bits per heavy atom. The monoisotopic (exact) mass is 249 g/mol. The fourth-order valence-electron chi connectivity index (χ4n) is 0.886. The zero-order chi connectivity index (χ0) is 11.4. The second kappa shape index (κ2) is 5.11. The van der Waals surface area contributed by atoms with E-state index in [0.29, 0.717) is 5.02 Å². The number of rotatable bonds is 4. The Morgan fingerprint density at radius 3 is 2.80 bits per heavy atom. The summed E-state index contributed by atoms with van der Waals surface area (Å²) in [4.78, 5) is 10.5. The zero-order valence-corrected chi connectivity index (χ0v) is 9.05. The maximum absolute atomic E-state index is 10.9. The molecule has 3 N–H and O–H groups in total. The Balaban J connectivity index is 2.95. The number of hydrogen-bond donors (Lipinski definition) is 2. The fraction of sp³-hybridized carbons (Fsp3) is 0.125. The SMILES string of the molecule is NC(=O)COc1ccc(Cl)cc1S(=O)O. The molecule has 1 unspecified atom stereocenters. The lowest BCUT2D eigenvalue weighted by molar-refractivity contribution is -0.120. The number of halogens is 1. The van der Waals surface area contributed by atoms with E-state index in [9.17, 15) is 9.00 Å². The topological polar surface area (TPSA) is 89.6 Å². The van der Waals surface area contributed by atoms with E-state index in [1.807, 2.05) is 0 Å². The van der Waals surface area contributed by atoms with Crippen molar-refractivity contribution in [2.45, 2.75) is 4.90 Å². The maximum atomic E-state index is 10.9. The van der Waals surface area contributed by atoms with Gasteiger partial charge in [-0.15, -0.1) is 0 Å². The van der Waals surface area contributed by atoms with Gasteiger partial charge in [-0.1, -0.05) is 11.6 Å². The van der Waals surface area contributed by atoms with Crippen LogP contribution in [0.2, 0.25) is 5.02 Å². The number of ether oxygens (including phenoxy) is 1. The lowest BCUT2D eigenvalue weighted by atomic mass is 10.3. The van der Waals surface area contributed by atoms with E-state index in [0.717, 1.165) is 0 Å². The van der Waals surface area contributed by atoms with Gasteiger partial charge in [0.25, 0.3) is 5.91 Å². The normalized spacial score (nSPS) is 12.1. The predicted molar refractivity (Wildman–Crippen MR) is 55.2 cm³/mol. The van der Waals surface area contributed by atoms with Crippen LogP contribution in [0.4, 0.5) is 0 Å². The van der Waals surface area contributed by atoms with E-state index in [1.54, 1.807) is 0 Å². The summed E-state index contributed by atoms with van der Waals surface area (Å²) in [5.41, 5.74) is 4.87. The molecule has 0 aliphatic rings. The third-order valence-electron chi connectivity index (χ3n) is 1.46. The predicted octanol–water partition coefficient (Wildman–Crippen LogP) is 0.785. The molecule has 0 spiro atoms. The van der Waals surface area contributed by atoms with Crippen molar-refractivity contribution in [2.75, 3.05) is 6.61 Å². The highest BCUT2D eigenvalue weighted by Crippen LogP contribution is 2.25. The molecule has 0 aromatic heterocycles. The van der Waals surface area contributed by atoms with Crippen molar-refractivity contribution >= 4 is 28.6 Å². The van der Waals surface area contributed by atoms with Crippen molar-refractivity contribution in [3.05, 3.63) is 23.2 Å². The van der Waals surface area contributed by atoms with Gasteiger partial charge in [0.15, 0.2) is 17.7 Å². The molecule has 0 radical (unpaired) electrons. The van der Waals surface area contributed by atoms with Crippen molar-refractivity contribution < 1.29 is 18.3 Å². The van der Waals surface area contributed by atoms with Crippen LogP contribution in [0.1, 0.15) is 0 Å². The number of nitrogens with two attached hydrogens (primary N) is 1. The molecule has 1 amide bonds. The van der Waals surface area contributed by atoms with Gasteiger partial charge in [-0.05, 0) is 18.2 Å². The summed E-state index contributed by atoms with van der Waals surface area (Å²) in [6, 6.07) is 4.16. The molecule has 0 aliphatic heterocycles. The number of carbonyl (C=O) groups is 1. The number of carbonyl (C=O) groups excluding carboxylic acids is 1. The van der Waals surface area contributed by atoms with Gasteiger partial charge in [-0.2, -0.15) is 0 Å². The number of benzene rings is 1. The fourth-order valence-corrected chi connectivity index (χ4v) is 1.65. The van der Waals surface area contributed by atoms with Crippen LogP contribution in [-0.2, 0) is 15.9 Å². The van der Waals surface area contributed by atoms with Gasteiger partial charge in [0.05, 0.1) is 0 Å². The third-order valence-corrected chi connectivity index (χ3v) is 2.39. The van der Waals surface area contributed by atoms with Crippen molar-refractivity contribution in [2.24, 2.45) is 5.73 Å². The molecule has 5 nitrogen and oxygen atoms in total. The Bertz CT molecular complexity index is 410. The van der Waals surface area contributed by atoms with E-state index >= 15 is 0 Å². The summed E-state index contributed by atoms with van der Waals surface area (Å²) < 4.78 is 24.7. The van der Waals surface area contributed by atoms with Crippen LogP contribution < -0.4 is 10.5 Å². The molecule has 1 rings (SSSR count). The Morgan fingerprint density at radius 2 is 2.27 bits per heavy atom. The van der Waals surface area contributed by atoms with Crippen LogP contribution in [-0.4, -0.2) is 21.3 Å². The molecule has 0 fully saturated rings. The molecule has 0 aliphatic carbocycles. The van der Waals surface area contributed by atoms with Gasteiger partial charge >= 0.3 is 0 Å². The van der Waals surface area contributed by atoms with Gasteiger partial charge in [-0.3, -0.25) is 4.79 Å². The molecule has 1 atom stereocenters. The molecule has 0 heterocycles. The molecule has 15 heavy (non-hydrogen) atoms. The lowest BCUT2D eigenvalue weighted by Crippen LogP contribution is -2.20. The molecule has 0 bridgehead atoms. The van der Waals surface area contributed by atoms with Crippen molar-refractivity contribution in [1.29, 1.82) is 0 Å². The summed E-state index contributed by atoms with van der Waals surface area (Å²) in [5, 5.41) is 0.304. The van der Waals surface area contributed by atoms with Crippen molar-refractivity contribution in [1.82, 2.24) is 0 Å². The summed E-state index contributed by atoms with van der Waals surface area (Å²) in [7, 11) is 0. The Labute approximate surface area is 93.5 Å². The standard InChI is InChI=1S/C8H8ClNO4S/c9-5-1-2-6(14-4-8(10)11)7(3-5)15(12)13/h1-3H,4H2,(H2,10,11)(H,12,13). The summed E-state index contributed by atoms with van der Waals surface area (Å²) in [6.07, 6.45) is 0. The number of amides is 1. The molecule has 0 saturated carbocycles. The minimum absolute atomic E-state index is 0.00347. The quantitative estimate of drug-likeness (QED) is 0.772. The van der Waals surface area contributed by atoms with Gasteiger partial charge in [0.1, 0.15) is 10.6 Å². The highest BCUT2D eigenvalue weighted by atomic mass is 35.5. The van der Waals surface area contributed by atoms with Gasteiger partial charge in [0, 0.05) is 5.02 Å². The smallest absolute Gasteiger partial charge is 0.255 e. The molecule has 1 aromatic rings. The average Bonchev–Trinajstić information content (AvgIpc) is 2.15. The maximum Gasteiger partial charge on any atom is 0.255 e. The third kappa shape index (κ3) is 3.50. The van der Waals surface area contributed by atoms with Crippen LogP contribution in [0.25, 0.3) is 0 Å². The summed E-state index contributed by atoms with van der Waals surface area (Å²) >= 11 is 3.40. The minimum Gasteiger partial charge on any atom is -0.482 e. The largest absolute Gasteiger partial charge is 0.482 e. The highest BCUT2D eigenvalue weighted by Gasteiger charge is 2.10. The van der Waals surface area contributed by atoms with Crippen LogP contribution in [0.15, 0.2) is 23.1 Å². The minimum atomic E-state index is -2.23. The molecule has 82 valence electrons. The first kappa shape index (κ1) is 12.0. The molecular weight excluding hydrogens is 242 g/mol. The van der Waals surface area contributed by atoms with Crippen LogP contribution in [0.3, 0.4) is 0 Å². The number of primary amides is 1. The van der Waals surface area contributed by atoms with E-state index in [2.05, 4.69) is 0 Å². The van der Waals surface area contributed by atoms with Gasteiger partial charge < -0.3 is 15.0 Å². The highest BCUT2D eigenvalue weighted by molar-refractivity contribution is 7.79. The van der Waals surface area contributed by atoms with Crippen molar-refractivity contribution in [3.63, 3.8) is 0 Å². The molecule has 1 aromatic carbocycles. The van der Waals surface area contributed by atoms with Crippen LogP contribution in [0, 0.1) is 0 Å². The summed E-state index contributed by atoms with van der Waals surface area (Å²) in [5.74, 6) is -0.557. The molecular formula is C8H8ClNO4S. The Kier molecular flexibility index (Phi) is 4.07. The first-order valence-corrected chi connectivity index (χ1v) is 5.30. The Hall–Kier alpha value is -1.11. The van der Waals surface area contributed by atoms with Gasteiger partial charge in [0.2, 0.25) is 0 Å².